The number of amides is 1. The van der Waals surface area contributed by atoms with Crippen LogP contribution in [0.25, 0.3) is 0 Å². The van der Waals surface area contributed by atoms with Crippen LogP contribution in [0.4, 0.5) is 10.5 Å². The fourth-order valence-electron chi connectivity index (χ4n) is 2.75. The number of ether oxygens (including phenoxy) is 2. The van der Waals surface area contributed by atoms with Crippen molar-refractivity contribution in [1.29, 1.82) is 0 Å². The fraction of sp³-hybridized carbons (Fsp3) is 0.556. The van der Waals surface area contributed by atoms with Crippen LogP contribution in [0.3, 0.4) is 0 Å². The molecule has 0 radical (unpaired) electrons. The summed E-state index contributed by atoms with van der Waals surface area (Å²) >= 11 is 0. The minimum Gasteiger partial charge on any atom is -0.465 e. The van der Waals surface area contributed by atoms with E-state index in [0.29, 0.717) is 12.1 Å². The molecule has 6 nitrogen and oxygen atoms in total. The van der Waals surface area contributed by atoms with E-state index in [1.54, 1.807) is 6.07 Å². The van der Waals surface area contributed by atoms with Crippen molar-refractivity contribution in [3.05, 3.63) is 29.8 Å². The van der Waals surface area contributed by atoms with Gasteiger partial charge in [-0.25, -0.2) is 9.59 Å². The molecule has 1 aliphatic heterocycles. The molecule has 1 saturated heterocycles. The first kappa shape index (κ1) is 18.1. The molecule has 24 heavy (non-hydrogen) atoms. The quantitative estimate of drug-likeness (QED) is 0.861. The smallest absolute Gasteiger partial charge is 0.407 e. The lowest BCUT2D eigenvalue weighted by molar-refractivity contribution is 0.0499. The number of esters is 1. The highest BCUT2D eigenvalue weighted by Gasteiger charge is 2.24. The molecule has 0 aromatic heterocycles. The molecule has 1 N–H and O–H groups in total. The molecule has 1 unspecified atom stereocenters. The van der Waals surface area contributed by atoms with Gasteiger partial charge in [-0.2, -0.15) is 0 Å². The normalized spacial score (nSPS) is 18.0. The number of methoxy groups -OCH3 is 1. The maximum Gasteiger partial charge on any atom is 0.407 e. The van der Waals surface area contributed by atoms with Crippen LogP contribution in [0.2, 0.25) is 0 Å². The van der Waals surface area contributed by atoms with E-state index < -0.39 is 11.7 Å². The van der Waals surface area contributed by atoms with Gasteiger partial charge in [0.1, 0.15) is 5.60 Å². The number of alkyl carbamates (subject to hydrolysis) is 1. The molecule has 6 heteroatoms. The molecule has 0 saturated carbocycles. The van der Waals surface area contributed by atoms with E-state index in [1.807, 2.05) is 39.0 Å². The summed E-state index contributed by atoms with van der Waals surface area (Å²) in [6.07, 6.45) is 1.48. The van der Waals surface area contributed by atoms with E-state index in [4.69, 9.17) is 9.47 Å². The van der Waals surface area contributed by atoms with Crippen molar-refractivity contribution in [1.82, 2.24) is 5.32 Å². The second-order valence-corrected chi connectivity index (χ2v) is 6.97. The molecule has 1 aromatic rings. The standard InChI is InChI=1S/C18H26N2O4/c1-18(2,3)24-17(22)19-14-8-6-10-20(12-14)15-9-5-7-13(11-15)16(21)23-4/h5,7,9,11,14H,6,8,10,12H2,1-4H3,(H,19,22). The van der Waals surface area contributed by atoms with Gasteiger partial charge in [-0.1, -0.05) is 6.07 Å². The Morgan fingerprint density at radius 2 is 2.04 bits per heavy atom. The van der Waals surface area contributed by atoms with E-state index >= 15 is 0 Å². The molecular formula is C18H26N2O4. The number of hydrogen-bond donors (Lipinski definition) is 1. The van der Waals surface area contributed by atoms with Gasteiger partial charge in [0.05, 0.1) is 12.7 Å². The Labute approximate surface area is 143 Å². The van der Waals surface area contributed by atoms with Gasteiger partial charge in [-0.15, -0.1) is 0 Å². The van der Waals surface area contributed by atoms with Gasteiger partial charge in [-0.05, 0) is 51.8 Å². The number of rotatable bonds is 3. The lowest BCUT2D eigenvalue weighted by Gasteiger charge is -2.35. The molecule has 132 valence electrons. The van der Waals surface area contributed by atoms with Gasteiger partial charge in [0.25, 0.3) is 0 Å². The molecule has 1 amide bonds. The topological polar surface area (TPSA) is 67.9 Å². The summed E-state index contributed by atoms with van der Waals surface area (Å²) in [4.78, 5) is 25.8. The molecule has 1 atom stereocenters. The first-order chi connectivity index (χ1) is 11.3. The monoisotopic (exact) mass is 334 g/mol. The Hall–Kier alpha value is -2.24. The number of carbonyl (C=O) groups is 2. The summed E-state index contributed by atoms with van der Waals surface area (Å²) in [6.45, 7) is 7.11. The average Bonchev–Trinajstić information content (AvgIpc) is 2.52. The summed E-state index contributed by atoms with van der Waals surface area (Å²) in [5.74, 6) is -0.350. The second-order valence-electron chi connectivity index (χ2n) is 6.97. The van der Waals surface area contributed by atoms with E-state index in [-0.39, 0.29) is 12.0 Å². The van der Waals surface area contributed by atoms with Crippen molar-refractivity contribution in [2.24, 2.45) is 0 Å². The van der Waals surface area contributed by atoms with Crippen LogP contribution >= 0.6 is 0 Å². The predicted molar refractivity (Wildman–Crippen MR) is 92.4 cm³/mol. The Morgan fingerprint density at radius 3 is 2.71 bits per heavy atom. The van der Waals surface area contributed by atoms with Crippen molar-refractivity contribution in [3.63, 3.8) is 0 Å². The molecule has 1 heterocycles. The van der Waals surface area contributed by atoms with Crippen LogP contribution in [0.1, 0.15) is 44.0 Å². The molecule has 0 spiro atoms. The largest absolute Gasteiger partial charge is 0.465 e. The van der Waals surface area contributed by atoms with Crippen LogP contribution in [0, 0.1) is 0 Å². The average molecular weight is 334 g/mol. The third-order valence-electron chi connectivity index (χ3n) is 3.77. The lowest BCUT2D eigenvalue weighted by atomic mass is 10.0. The number of benzene rings is 1. The Balaban J connectivity index is 2.00. The van der Waals surface area contributed by atoms with Gasteiger partial charge < -0.3 is 19.7 Å². The maximum absolute atomic E-state index is 11.9. The zero-order valence-electron chi connectivity index (χ0n) is 14.8. The van der Waals surface area contributed by atoms with Crippen molar-refractivity contribution in [2.45, 2.75) is 45.3 Å². The summed E-state index contributed by atoms with van der Waals surface area (Å²) in [7, 11) is 1.37. The van der Waals surface area contributed by atoms with Gasteiger partial charge in [0, 0.05) is 24.8 Å². The summed E-state index contributed by atoms with van der Waals surface area (Å²) < 4.78 is 10.1. The fourth-order valence-corrected chi connectivity index (χ4v) is 2.75. The zero-order valence-corrected chi connectivity index (χ0v) is 14.8. The van der Waals surface area contributed by atoms with Crippen LogP contribution in [-0.2, 0) is 9.47 Å². The maximum atomic E-state index is 11.9. The molecule has 1 fully saturated rings. The number of nitrogens with zero attached hydrogens (tertiary/aromatic N) is 1. The van der Waals surface area contributed by atoms with Crippen LogP contribution in [-0.4, -0.2) is 43.9 Å². The minimum atomic E-state index is -0.507. The zero-order chi connectivity index (χ0) is 17.7. The van der Waals surface area contributed by atoms with Gasteiger partial charge >= 0.3 is 12.1 Å². The number of carbonyl (C=O) groups excluding carboxylic acids is 2. The van der Waals surface area contributed by atoms with E-state index in [2.05, 4.69) is 10.2 Å². The number of piperidine rings is 1. The highest BCUT2D eigenvalue weighted by molar-refractivity contribution is 5.90. The lowest BCUT2D eigenvalue weighted by Crippen LogP contribution is -2.49. The Bertz CT molecular complexity index is 595. The summed E-state index contributed by atoms with van der Waals surface area (Å²) in [5, 5.41) is 2.93. The second kappa shape index (κ2) is 7.55. The molecule has 0 aliphatic carbocycles. The highest BCUT2D eigenvalue weighted by atomic mass is 16.6. The SMILES string of the molecule is COC(=O)c1cccc(N2CCCC(NC(=O)OC(C)(C)C)C2)c1. The van der Waals surface area contributed by atoms with Crippen LogP contribution in [0.5, 0.6) is 0 Å². The van der Waals surface area contributed by atoms with Crippen molar-refractivity contribution in [2.75, 3.05) is 25.1 Å². The van der Waals surface area contributed by atoms with Gasteiger partial charge in [0.2, 0.25) is 0 Å². The number of nitrogens with one attached hydrogen (secondary N) is 1. The number of anilines is 1. The van der Waals surface area contributed by atoms with E-state index in [0.717, 1.165) is 25.1 Å². The van der Waals surface area contributed by atoms with Crippen molar-refractivity contribution >= 4 is 17.7 Å². The van der Waals surface area contributed by atoms with Gasteiger partial charge in [0.15, 0.2) is 0 Å². The molecule has 1 aliphatic rings. The van der Waals surface area contributed by atoms with Crippen molar-refractivity contribution in [3.8, 4) is 0 Å². The molecular weight excluding hydrogens is 308 g/mol. The molecule has 2 rings (SSSR count). The minimum absolute atomic E-state index is 0.0235. The Morgan fingerprint density at radius 1 is 1.29 bits per heavy atom. The summed E-state index contributed by atoms with van der Waals surface area (Å²) in [6, 6.07) is 7.38. The molecule has 1 aromatic carbocycles. The molecule has 0 bridgehead atoms. The van der Waals surface area contributed by atoms with Crippen LogP contribution in [0.15, 0.2) is 24.3 Å². The van der Waals surface area contributed by atoms with Gasteiger partial charge in [-0.3, -0.25) is 0 Å². The Kier molecular flexibility index (Phi) is 5.70. The third kappa shape index (κ3) is 5.15. The first-order valence-electron chi connectivity index (χ1n) is 8.21. The first-order valence-corrected chi connectivity index (χ1v) is 8.21. The van der Waals surface area contributed by atoms with E-state index in [9.17, 15) is 9.59 Å². The number of hydrogen-bond acceptors (Lipinski definition) is 5. The highest BCUT2D eigenvalue weighted by Crippen LogP contribution is 2.22. The predicted octanol–water partition coefficient (Wildman–Crippen LogP) is 2.97. The van der Waals surface area contributed by atoms with E-state index in [1.165, 1.54) is 7.11 Å². The van der Waals surface area contributed by atoms with Crippen LogP contribution < -0.4 is 10.2 Å². The summed E-state index contributed by atoms with van der Waals surface area (Å²) in [5.41, 5.74) is 0.971. The van der Waals surface area contributed by atoms with Crippen molar-refractivity contribution < 1.29 is 19.1 Å². The third-order valence-corrected chi connectivity index (χ3v) is 3.77.